The Labute approximate surface area is 106 Å². The highest BCUT2D eigenvalue weighted by Gasteiger charge is 2.27. The van der Waals surface area contributed by atoms with Gasteiger partial charge in [-0.3, -0.25) is 0 Å². The van der Waals surface area contributed by atoms with Crippen LogP contribution in [0, 0.1) is 0 Å². The van der Waals surface area contributed by atoms with Gasteiger partial charge in [-0.1, -0.05) is 52.0 Å². The van der Waals surface area contributed by atoms with Crippen LogP contribution in [0.5, 0.6) is 0 Å². The van der Waals surface area contributed by atoms with Gasteiger partial charge in [0.15, 0.2) is 0 Å². The van der Waals surface area contributed by atoms with Crippen LogP contribution in [0.3, 0.4) is 0 Å². The van der Waals surface area contributed by atoms with E-state index in [0.29, 0.717) is 5.92 Å². The van der Waals surface area contributed by atoms with Gasteiger partial charge in [-0.15, -0.1) is 0 Å². The fourth-order valence-electron chi connectivity index (χ4n) is 2.56. The summed E-state index contributed by atoms with van der Waals surface area (Å²) in [6.07, 6.45) is 0.987. The Balaban J connectivity index is 2.92. The number of nitrogens with two attached hydrogens (primary N) is 1. The third kappa shape index (κ3) is 4.16. The molecule has 0 amide bonds. The van der Waals surface area contributed by atoms with Gasteiger partial charge in [-0.05, 0) is 42.7 Å². The van der Waals surface area contributed by atoms with Crippen molar-refractivity contribution >= 4 is 0 Å². The fourth-order valence-corrected chi connectivity index (χ4v) is 2.56. The molecular formula is C16H27N. The zero-order valence-electron chi connectivity index (χ0n) is 12.2. The summed E-state index contributed by atoms with van der Waals surface area (Å²) in [7, 11) is 0. The first-order chi connectivity index (χ1) is 7.62. The molecule has 0 aromatic heterocycles. The molecule has 0 aliphatic heterocycles. The average Bonchev–Trinajstić information content (AvgIpc) is 2.14. The zero-order valence-corrected chi connectivity index (χ0v) is 12.2. The van der Waals surface area contributed by atoms with E-state index >= 15 is 0 Å². The Morgan fingerprint density at radius 3 is 1.82 bits per heavy atom. The first-order valence-electron chi connectivity index (χ1n) is 6.51. The van der Waals surface area contributed by atoms with Crippen LogP contribution in [-0.2, 0) is 5.41 Å². The maximum Gasteiger partial charge on any atom is 0.0105 e. The fraction of sp³-hybridized carbons (Fsp3) is 0.625. The van der Waals surface area contributed by atoms with Crippen molar-refractivity contribution in [2.45, 2.75) is 64.8 Å². The lowest BCUT2D eigenvalue weighted by atomic mass is 9.75. The Morgan fingerprint density at radius 1 is 1.00 bits per heavy atom. The van der Waals surface area contributed by atoms with Crippen LogP contribution in [0.25, 0.3) is 0 Å². The Morgan fingerprint density at radius 2 is 1.47 bits per heavy atom. The Hall–Kier alpha value is -0.820. The molecular weight excluding hydrogens is 206 g/mol. The van der Waals surface area contributed by atoms with Crippen LogP contribution in [0.4, 0.5) is 0 Å². The molecule has 1 nitrogen and oxygen atoms in total. The van der Waals surface area contributed by atoms with Crippen molar-refractivity contribution < 1.29 is 0 Å². The van der Waals surface area contributed by atoms with Crippen LogP contribution in [0.1, 0.15) is 65.0 Å². The van der Waals surface area contributed by atoms with Crippen molar-refractivity contribution in [2.24, 2.45) is 5.73 Å². The minimum Gasteiger partial charge on any atom is -0.326 e. The zero-order chi connectivity index (χ0) is 13.3. The molecule has 1 heteroatoms. The molecule has 17 heavy (non-hydrogen) atoms. The highest BCUT2D eigenvalue weighted by atomic mass is 14.7. The number of rotatable bonds is 4. The van der Waals surface area contributed by atoms with Crippen LogP contribution in [0.2, 0.25) is 0 Å². The number of hydrogen-bond acceptors (Lipinski definition) is 1. The third-order valence-electron chi connectivity index (χ3n) is 3.26. The predicted octanol–water partition coefficient (Wildman–Crippen LogP) is 4.22. The van der Waals surface area contributed by atoms with Crippen molar-refractivity contribution in [2.75, 3.05) is 0 Å². The second-order valence-corrected chi connectivity index (χ2v) is 6.83. The van der Waals surface area contributed by atoms with Crippen LogP contribution in [-0.4, -0.2) is 5.54 Å². The number of hydrogen-bond donors (Lipinski definition) is 1. The van der Waals surface area contributed by atoms with Gasteiger partial charge in [0, 0.05) is 5.54 Å². The van der Waals surface area contributed by atoms with E-state index in [0.717, 1.165) is 6.42 Å². The highest BCUT2D eigenvalue weighted by molar-refractivity contribution is 5.30. The molecule has 0 aliphatic carbocycles. The topological polar surface area (TPSA) is 26.0 Å². The maximum absolute atomic E-state index is 6.14. The molecule has 2 N–H and O–H groups in total. The molecule has 0 saturated carbocycles. The van der Waals surface area contributed by atoms with Gasteiger partial charge >= 0.3 is 0 Å². The van der Waals surface area contributed by atoms with Crippen molar-refractivity contribution in [3.8, 4) is 0 Å². The van der Waals surface area contributed by atoms with E-state index in [1.54, 1.807) is 0 Å². The summed E-state index contributed by atoms with van der Waals surface area (Å²) in [4.78, 5) is 0. The van der Waals surface area contributed by atoms with Gasteiger partial charge in [-0.25, -0.2) is 0 Å². The summed E-state index contributed by atoms with van der Waals surface area (Å²) < 4.78 is 0. The molecule has 0 unspecified atom stereocenters. The van der Waals surface area contributed by atoms with E-state index in [9.17, 15) is 0 Å². The lowest BCUT2D eigenvalue weighted by molar-refractivity contribution is 0.350. The quantitative estimate of drug-likeness (QED) is 0.828. The average molecular weight is 233 g/mol. The molecule has 1 aromatic carbocycles. The van der Waals surface area contributed by atoms with Gasteiger partial charge in [-0.2, -0.15) is 0 Å². The van der Waals surface area contributed by atoms with E-state index in [-0.39, 0.29) is 11.0 Å². The molecule has 0 spiro atoms. The lowest BCUT2D eigenvalue weighted by Gasteiger charge is -2.33. The van der Waals surface area contributed by atoms with Gasteiger partial charge in [0.2, 0.25) is 0 Å². The van der Waals surface area contributed by atoms with Gasteiger partial charge in [0.25, 0.3) is 0 Å². The minimum atomic E-state index is -0.125. The molecule has 0 heterocycles. The van der Waals surface area contributed by atoms with E-state index in [2.05, 4.69) is 65.8 Å². The molecule has 96 valence electrons. The highest BCUT2D eigenvalue weighted by Crippen LogP contribution is 2.31. The minimum absolute atomic E-state index is 0.125. The second-order valence-electron chi connectivity index (χ2n) is 6.83. The largest absolute Gasteiger partial charge is 0.326 e. The lowest BCUT2D eigenvalue weighted by Crippen LogP contribution is -2.39. The monoisotopic (exact) mass is 233 g/mol. The summed E-state index contributed by atoms with van der Waals surface area (Å²) in [5.74, 6) is 0.595. The summed E-state index contributed by atoms with van der Waals surface area (Å²) >= 11 is 0. The predicted molar refractivity (Wildman–Crippen MR) is 76.4 cm³/mol. The first-order valence-corrected chi connectivity index (χ1v) is 6.51. The van der Waals surface area contributed by atoms with E-state index in [4.69, 9.17) is 5.73 Å². The molecule has 0 saturated heterocycles. The van der Waals surface area contributed by atoms with Gasteiger partial charge < -0.3 is 5.73 Å². The van der Waals surface area contributed by atoms with Crippen molar-refractivity contribution in [3.63, 3.8) is 0 Å². The van der Waals surface area contributed by atoms with E-state index in [1.807, 2.05) is 0 Å². The number of benzene rings is 1. The molecule has 0 fully saturated rings. The van der Waals surface area contributed by atoms with Crippen molar-refractivity contribution in [1.82, 2.24) is 0 Å². The summed E-state index contributed by atoms with van der Waals surface area (Å²) in [6.45, 7) is 13.2. The SMILES string of the molecule is CC(C)c1ccc(C(C)(C)CC(C)(C)N)cc1. The molecule has 1 aromatic rings. The van der Waals surface area contributed by atoms with Crippen LogP contribution >= 0.6 is 0 Å². The smallest absolute Gasteiger partial charge is 0.0105 e. The van der Waals surface area contributed by atoms with Crippen LogP contribution < -0.4 is 5.73 Å². The normalized spacial score (nSPS) is 13.2. The van der Waals surface area contributed by atoms with Crippen molar-refractivity contribution in [3.05, 3.63) is 35.4 Å². The van der Waals surface area contributed by atoms with Gasteiger partial charge in [0.05, 0.1) is 0 Å². The Kier molecular flexibility index (Phi) is 4.03. The molecule has 1 rings (SSSR count). The Bertz CT molecular complexity index is 352. The summed E-state index contributed by atoms with van der Waals surface area (Å²) in [5, 5.41) is 0. The van der Waals surface area contributed by atoms with Crippen LogP contribution in [0.15, 0.2) is 24.3 Å². The maximum atomic E-state index is 6.14. The summed E-state index contributed by atoms with van der Waals surface area (Å²) in [6, 6.07) is 8.98. The first kappa shape index (κ1) is 14.2. The molecule has 0 radical (unpaired) electrons. The van der Waals surface area contributed by atoms with E-state index in [1.165, 1.54) is 11.1 Å². The third-order valence-corrected chi connectivity index (χ3v) is 3.26. The van der Waals surface area contributed by atoms with Crippen molar-refractivity contribution in [1.29, 1.82) is 0 Å². The molecule has 0 atom stereocenters. The summed E-state index contributed by atoms with van der Waals surface area (Å²) in [5.41, 5.74) is 8.92. The van der Waals surface area contributed by atoms with Gasteiger partial charge in [0.1, 0.15) is 0 Å². The molecule has 0 bridgehead atoms. The second kappa shape index (κ2) is 4.81. The van der Waals surface area contributed by atoms with E-state index < -0.39 is 0 Å². The molecule has 0 aliphatic rings. The standard InChI is InChI=1S/C16H27N/c1-12(2)13-7-9-14(10-8-13)15(3,4)11-16(5,6)17/h7-10,12H,11,17H2,1-6H3.